The Kier molecular flexibility index (Phi) is 6.49. The largest absolute Gasteiger partial charge is 0.337 e. The molecule has 0 bridgehead atoms. The van der Waals surface area contributed by atoms with Crippen molar-refractivity contribution in [2.75, 3.05) is 26.2 Å². The van der Waals surface area contributed by atoms with Crippen LogP contribution in [-0.4, -0.2) is 57.9 Å². The van der Waals surface area contributed by atoms with Crippen LogP contribution in [0.2, 0.25) is 0 Å². The van der Waals surface area contributed by atoms with Crippen LogP contribution in [0.4, 0.5) is 4.39 Å². The summed E-state index contributed by atoms with van der Waals surface area (Å²) in [4.78, 5) is 25.3. The molecule has 0 spiro atoms. The summed E-state index contributed by atoms with van der Waals surface area (Å²) in [5, 5.41) is 0. The maximum Gasteiger partial charge on any atom is 0.274 e. The smallest absolute Gasteiger partial charge is 0.274 e. The van der Waals surface area contributed by atoms with Crippen LogP contribution in [0.3, 0.4) is 0 Å². The van der Waals surface area contributed by atoms with Gasteiger partial charge in [-0.3, -0.25) is 14.7 Å². The highest BCUT2D eigenvalue weighted by Gasteiger charge is 2.30. The number of likely N-dealkylation sites (tertiary alicyclic amines) is 2. The van der Waals surface area contributed by atoms with Crippen LogP contribution < -0.4 is 0 Å². The lowest BCUT2D eigenvalue weighted by Crippen LogP contribution is -2.49. The van der Waals surface area contributed by atoms with Crippen molar-refractivity contribution in [2.24, 2.45) is 5.92 Å². The topological polar surface area (TPSA) is 49.3 Å². The molecule has 154 valence electrons. The van der Waals surface area contributed by atoms with Crippen LogP contribution in [0, 0.1) is 11.7 Å². The van der Waals surface area contributed by atoms with Crippen molar-refractivity contribution < 1.29 is 9.18 Å². The molecule has 2 saturated heterocycles. The van der Waals surface area contributed by atoms with Gasteiger partial charge in [0.1, 0.15) is 11.5 Å². The molecular formula is C23H29FN4O. The molecule has 4 rings (SSSR count). The average Bonchev–Trinajstić information content (AvgIpc) is 2.79. The van der Waals surface area contributed by atoms with Crippen molar-refractivity contribution in [3.8, 4) is 0 Å². The fourth-order valence-electron chi connectivity index (χ4n) is 4.69. The van der Waals surface area contributed by atoms with E-state index in [-0.39, 0.29) is 11.7 Å². The van der Waals surface area contributed by atoms with E-state index in [2.05, 4.69) is 14.9 Å². The van der Waals surface area contributed by atoms with Crippen LogP contribution in [0.25, 0.3) is 0 Å². The Labute approximate surface area is 172 Å². The van der Waals surface area contributed by atoms with Gasteiger partial charge in [-0.15, -0.1) is 0 Å². The first-order chi connectivity index (χ1) is 14.2. The summed E-state index contributed by atoms with van der Waals surface area (Å²) in [7, 11) is 0. The minimum Gasteiger partial charge on any atom is -0.337 e. The van der Waals surface area contributed by atoms with Crippen LogP contribution in [0.15, 0.2) is 42.9 Å². The number of hydrogen-bond acceptors (Lipinski definition) is 4. The van der Waals surface area contributed by atoms with Crippen molar-refractivity contribution >= 4 is 5.91 Å². The van der Waals surface area contributed by atoms with E-state index in [4.69, 9.17) is 0 Å². The van der Waals surface area contributed by atoms with Crippen LogP contribution >= 0.6 is 0 Å². The summed E-state index contributed by atoms with van der Waals surface area (Å²) in [6, 6.07) is 7.48. The molecule has 1 aromatic carbocycles. The number of rotatable bonds is 5. The normalized spacial score (nSPS) is 21.3. The van der Waals surface area contributed by atoms with E-state index in [1.165, 1.54) is 18.4 Å². The molecule has 5 nitrogen and oxygen atoms in total. The Morgan fingerprint density at radius 1 is 1.07 bits per heavy atom. The summed E-state index contributed by atoms with van der Waals surface area (Å²) >= 11 is 0. The first-order valence-corrected chi connectivity index (χ1v) is 10.7. The minimum absolute atomic E-state index is 0.00707. The predicted octanol–water partition coefficient (Wildman–Crippen LogP) is 3.57. The van der Waals surface area contributed by atoms with E-state index in [1.54, 1.807) is 30.7 Å². The zero-order valence-electron chi connectivity index (χ0n) is 16.8. The molecule has 0 aliphatic carbocycles. The van der Waals surface area contributed by atoms with Gasteiger partial charge >= 0.3 is 0 Å². The monoisotopic (exact) mass is 396 g/mol. The third-order valence-electron chi connectivity index (χ3n) is 6.36. The number of aryl methyl sites for hydroxylation is 1. The van der Waals surface area contributed by atoms with Crippen LogP contribution in [-0.2, 0) is 6.42 Å². The van der Waals surface area contributed by atoms with E-state index < -0.39 is 0 Å². The van der Waals surface area contributed by atoms with Gasteiger partial charge in [0, 0.05) is 38.1 Å². The summed E-state index contributed by atoms with van der Waals surface area (Å²) in [6.45, 7) is 3.88. The average molecular weight is 397 g/mol. The quantitative estimate of drug-likeness (QED) is 0.775. The summed E-state index contributed by atoms with van der Waals surface area (Å²) < 4.78 is 13.1. The molecule has 0 N–H and O–H groups in total. The molecule has 1 aromatic heterocycles. The second-order valence-corrected chi connectivity index (χ2v) is 8.28. The summed E-state index contributed by atoms with van der Waals surface area (Å²) in [6.07, 6.45) is 11.5. The Hall–Kier alpha value is -2.34. The van der Waals surface area contributed by atoms with E-state index in [9.17, 15) is 9.18 Å². The first kappa shape index (κ1) is 20.0. The number of carbonyl (C=O) groups excluding carboxylic acids is 1. The molecule has 1 amide bonds. The standard InChI is InChI=1S/C23H29FN4O/c24-20-7-5-18(6-8-20)3-4-19-2-1-13-28(17-19)21-9-14-27(15-10-21)23(29)22-16-25-11-12-26-22/h5-8,11-12,16,19,21H,1-4,9-10,13-15,17H2/t19-/m0/s1. The van der Waals surface area contributed by atoms with Crippen molar-refractivity contribution in [3.05, 3.63) is 59.9 Å². The van der Waals surface area contributed by atoms with Crippen LogP contribution in [0.1, 0.15) is 48.2 Å². The Morgan fingerprint density at radius 3 is 2.59 bits per heavy atom. The molecule has 0 unspecified atom stereocenters. The van der Waals surface area contributed by atoms with E-state index in [0.29, 0.717) is 17.7 Å². The lowest BCUT2D eigenvalue weighted by Gasteiger charge is -2.42. The number of benzene rings is 1. The maximum absolute atomic E-state index is 13.1. The minimum atomic E-state index is -0.165. The fraction of sp³-hybridized carbons (Fsp3) is 0.522. The number of hydrogen-bond donors (Lipinski definition) is 0. The van der Waals surface area contributed by atoms with Gasteiger partial charge in [0.2, 0.25) is 0 Å². The highest BCUT2D eigenvalue weighted by atomic mass is 19.1. The van der Waals surface area contributed by atoms with Crippen molar-refractivity contribution in [1.29, 1.82) is 0 Å². The predicted molar refractivity (Wildman–Crippen MR) is 110 cm³/mol. The van der Waals surface area contributed by atoms with Gasteiger partial charge in [0.05, 0.1) is 6.20 Å². The molecular weight excluding hydrogens is 367 g/mol. The highest BCUT2D eigenvalue weighted by Crippen LogP contribution is 2.27. The molecule has 3 heterocycles. The van der Waals surface area contributed by atoms with Crippen molar-refractivity contribution in [2.45, 2.75) is 44.6 Å². The van der Waals surface area contributed by atoms with E-state index >= 15 is 0 Å². The van der Waals surface area contributed by atoms with Gasteiger partial charge in [-0.1, -0.05) is 12.1 Å². The lowest BCUT2D eigenvalue weighted by atomic mass is 9.89. The lowest BCUT2D eigenvalue weighted by molar-refractivity contribution is 0.0517. The fourth-order valence-corrected chi connectivity index (χ4v) is 4.69. The Balaban J connectivity index is 1.25. The van der Waals surface area contributed by atoms with Crippen molar-refractivity contribution in [1.82, 2.24) is 19.8 Å². The Bertz CT molecular complexity index is 790. The van der Waals surface area contributed by atoms with Gasteiger partial charge in [-0.25, -0.2) is 9.37 Å². The van der Waals surface area contributed by atoms with Gasteiger partial charge in [-0.05, 0) is 68.7 Å². The summed E-state index contributed by atoms with van der Waals surface area (Å²) in [5.74, 6) is 0.530. The third-order valence-corrected chi connectivity index (χ3v) is 6.36. The molecule has 29 heavy (non-hydrogen) atoms. The SMILES string of the molecule is O=C(c1cnccn1)N1CCC(N2CCC[C@@H](CCc3ccc(F)cc3)C2)CC1. The van der Waals surface area contributed by atoms with Gasteiger partial charge < -0.3 is 4.90 Å². The second kappa shape index (κ2) is 9.44. The number of carbonyl (C=O) groups is 1. The zero-order chi connectivity index (χ0) is 20.1. The first-order valence-electron chi connectivity index (χ1n) is 10.7. The molecule has 2 aliphatic rings. The number of nitrogens with zero attached hydrogens (tertiary/aromatic N) is 4. The number of amides is 1. The molecule has 2 aromatic rings. The summed E-state index contributed by atoms with van der Waals surface area (Å²) in [5.41, 5.74) is 1.66. The second-order valence-electron chi connectivity index (χ2n) is 8.28. The number of aromatic nitrogens is 2. The zero-order valence-corrected chi connectivity index (χ0v) is 16.8. The number of halogens is 1. The molecule has 0 saturated carbocycles. The molecule has 6 heteroatoms. The third kappa shape index (κ3) is 5.18. The maximum atomic E-state index is 13.1. The van der Waals surface area contributed by atoms with Crippen LogP contribution in [0.5, 0.6) is 0 Å². The Morgan fingerprint density at radius 2 is 1.86 bits per heavy atom. The van der Waals surface area contributed by atoms with Crippen molar-refractivity contribution in [3.63, 3.8) is 0 Å². The number of piperidine rings is 2. The molecule has 0 radical (unpaired) electrons. The highest BCUT2D eigenvalue weighted by molar-refractivity contribution is 5.92. The van der Waals surface area contributed by atoms with Gasteiger partial charge in [0.15, 0.2) is 0 Å². The molecule has 1 atom stereocenters. The van der Waals surface area contributed by atoms with Gasteiger partial charge in [0.25, 0.3) is 5.91 Å². The molecule has 2 aliphatic heterocycles. The van der Waals surface area contributed by atoms with Gasteiger partial charge in [-0.2, -0.15) is 0 Å². The molecule has 2 fully saturated rings. The van der Waals surface area contributed by atoms with E-state index in [0.717, 1.165) is 51.9 Å². The van der Waals surface area contributed by atoms with E-state index in [1.807, 2.05) is 17.0 Å².